The van der Waals surface area contributed by atoms with Crippen molar-refractivity contribution >= 4 is 17.6 Å². The lowest BCUT2D eigenvalue weighted by molar-refractivity contribution is 0.0943. The predicted molar refractivity (Wildman–Crippen MR) is 89.6 cm³/mol. The summed E-state index contributed by atoms with van der Waals surface area (Å²) in [5.41, 5.74) is 6.65. The minimum absolute atomic E-state index is 0.244. The number of nitrogens with one attached hydrogen (secondary N) is 1. The summed E-state index contributed by atoms with van der Waals surface area (Å²) in [7, 11) is 0. The fraction of sp³-hybridized carbons (Fsp3) is 0.294. The molecule has 1 fully saturated rings. The lowest BCUT2D eigenvalue weighted by Crippen LogP contribution is -2.24. The molecule has 3 heterocycles. The molecule has 0 spiro atoms. The third-order valence-corrected chi connectivity index (χ3v) is 3.97. The second-order valence-electron chi connectivity index (χ2n) is 5.70. The molecular weight excluding hydrogens is 306 g/mol. The van der Waals surface area contributed by atoms with Gasteiger partial charge in [0.15, 0.2) is 0 Å². The van der Waals surface area contributed by atoms with E-state index in [-0.39, 0.29) is 17.2 Å². The number of carbonyl (C=O) groups is 2. The van der Waals surface area contributed by atoms with Crippen LogP contribution in [0.2, 0.25) is 0 Å². The lowest BCUT2D eigenvalue weighted by atomic mass is 10.2. The van der Waals surface area contributed by atoms with E-state index in [0.717, 1.165) is 24.5 Å². The summed E-state index contributed by atoms with van der Waals surface area (Å²) in [4.78, 5) is 33.7. The van der Waals surface area contributed by atoms with Crippen molar-refractivity contribution in [1.82, 2.24) is 15.3 Å². The van der Waals surface area contributed by atoms with E-state index in [9.17, 15) is 9.59 Å². The third-order valence-electron chi connectivity index (χ3n) is 3.97. The molecule has 0 bridgehead atoms. The summed E-state index contributed by atoms with van der Waals surface area (Å²) in [6, 6.07) is 6.85. The van der Waals surface area contributed by atoms with Crippen LogP contribution in [0.15, 0.2) is 36.7 Å². The number of pyridine rings is 2. The quantitative estimate of drug-likeness (QED) is 0.857. The number of nitrogens with zero attached hydrogens (tertiary/aromatic N) is 3. The highest BCUT2D eigenvalue weighted by Gasteiger charge is 2.14. The number of amides is 2. The molecule has 7 heteroatoms. The van der Waals surface area contributed by atoms with Gasteiger partial charge >= 0.3 is 0 Å². The van der Waals surface area contributed by atoms with Crippen LogP contribution in [-0.4, -0.2) is 34.9 Å². The zero-order chi connectivity index (χ0) is 16.9. The molecular formula is C17H19N5O2. The molecule has 7 nitrogen and oxygen atoms in total. The number of hydrogen-bond donors (Lipinski definition) is 2. The van der Waals surface area contributed by atoms with E-state index in [1.165, 1.54) is 31.2 Å². The molecule has 2 aromatic heterocycles. The van der Waals surface area contributed by atoms with Crippen LogP contribution >= 0.6 is 0 Å². The molecule has 0 unspecified atom stereocenters. The standard InChI is InChI=1S/C17H19N5O2/c18-16(23)13-3-4-14(20-11-13)17(24)21-10-12-5-6-19-15(9-12)22-7-1-2-8-22/h3-6,9,11H,1-2,7-8,10H2,(H2,18,23)(H,21,24). The van der Waals surface area contributed by atoms with Crippen molar-refractivity contribution in [3.8, 4) is 0 Å². The highest BCUT2D eigenvalue weighted by Crippen LogP contribution is 2.18. The molecule has 3 N–H and O–H groups in total. The average molecular weight is 325 g/mol. The monoisotopic (exact) mass is 325 g/mol. The van der Waals surface area contributed by atoms with Crippen LogP contribution in [0.5, 0.6) is 0 Å². The molecule has 2 amide bonds. The van der Waals surface area contributed by atoms with E-state index in [2.05, 4.69) is 20.2 Å². The molecule has 0 aliphatic carbocycles. The minimum Gasteiger partial charge on any atom is -0.366 e. The largest absolute Gasteiger partial charge is 0.366 e. The van der Waals surface area contributed by atoms with Gasteiger partial charge in [0.25, 0.3) is 5.91 Å². The normalized spacial score (nSPS) is 13.8. The van der Waals surface area contributed by atoms with Gasteiger partial charge in [0.2, 0.25) is 5.91 Å². The van der Waals surface area contributed by atoms with Gasteiger partial charge in [-0.25, -0.2) is 4.98 Å². The van der Waals surface area contributed by atoms with Crippen molar-refractivity contribution in [3.05, 3.63) is 53.5 Å². The van der Waals surface area contributed by atoms with E-state index >= 15 is 0 Å². The Kier molecular flexibility index (Phi) is 4.69. The van der Waals surface area contributed by atoms with Crippen molar-refractivity contribution in [2.24, 2.45) is 5.73 Å². The molecule has 3 rings (SSSR count). The Morgan fingerprint density at radius 1 is 1.17 bits per heavy atom. The Labute approximate surface area is 139 Å². The molecule has 1 aliphatic rings. The van der Waals surface area contributed by atoms with Crippen LogP contribution in [-0.2, 0) is 6.54 Å². The van der Waals surface area contributed by atoms with Gasteiger partial charge in [-0.15, -0.1) is 0 Å². The number of anilines is 1. The number of hydrogen-bond acceptors (Lipinski definition) is 5. The van der Waals surface area contributed by atoms with E-state index in [1.54, 1.807) is 6.20 Å². The number of carbonyl (C=O) groups excluding carboxylic acids is 2. The van der Waals surface area contributed by atoms with Crippen molar-refractivity contribution in [1.29, 1.82) is 0 Å². The minimum atomic E-state index is -0.569. The van der Waals surface area contributed by atoms with E-state index in [4.69, 9.17) is 5.73 Å². The second kappa shape index (κ2) is 7.08. The zero-order valence-corrected chi connectivity index (χ0v) is 13.2. The maximum absolute atomic E-state index is 12.1. The first kappa shape index (κ1) is 15.9. The van der Waals surface area contributed by atoms with E-state index in [1.807, 2.05) is 12.1 Å². The van der Waals surface area contributed by atoms with E-state index < -0.39 is 5.91 Å². The fourth-order valence-electron chi connectivity index (χ4n) is 2.64. The van der Waals surface area contributed by atoms with Crippen LogP contribution in [0.4, 0.5) is 5.82 Å². The Morgan fingerprint density at radius 3 is 2.62 bits per heavy atom. The smallest absolute Gasteiger partial charge is 0.270 e. The number of aromatic nitrogens is 2. The highest BCUT2D eigenvalue weighted by atomic mass is 16.2. The Hall–Kier alpha value is -2.96. The first-order chi connectivity index (χ1) is 11.6. The molecule has 0 radical (unpaired) electrons. The number of primary amides is 1. The first-order valence-corrected chi connectivity index (χ1v) is 7.87. The molecule has 1 aliphatic heterocycles. The van der Waals surface area contributed by atoms with Crippen molar-refractivity contribution < 1.29 is 9.59 Å². The van der Waals surface area contributed by atoms with Crippen LogP contribution in [0.1, 0.15) is 39.3 Å². The Balaban J connectivity index is 1.61. The predicted octanol–water partition coefficient (Wildman–Crippen LogP) is 1.11. The van der Waals surface area contributed by atoms with Crippen molar-refractivity contribution in [3.63, 3.8) is 0 Å². The van der Waals surface area contributed by atoms with Crippen molar-refractivity contribution in [2.45, 2.75) is 19.4 Å². The first-order valence-electron chi connectivity index (χ1n) is 7.87. The average Bonchev–Trinajstić information content (AvgIpc) is 3.15. The third kappa shape index (κ3) is 3.68. The summed E-state index contributed by atoms with van der Waals surface area (Å²) in [6.45, 7) is 2.44. The van der Waals surface area contributed by atoms with E-state index in [0.29, 0.717) is 6.54 Å². The molecule has 24 heavy (non-hydrogen) atoms. The van der Waals surface area contributed by atoms with Gasteiger partial charge in [-0.3, -0.25) is 14.6 Å². The van der Waals surface area contributed by atoms with Gasteiger partial charge in [0.05, 0.1) is 5.56 Å². The molecule has 124 valence electrons. The Morgan fingerprint density at radius 2 is 1.96 bits per heavy atom. The van der Waals surface area contributed by atoms with Gasteiger partial charge < -0.3 is 16.0 Å². The summed E-state index contributed by atoms with van der Waals surface area (Å²) in [5, 5.41) is 2.82. The van der Waals surface area contributed by atoms with Crippen LogP contribution in [0, 0.1) is 0 Å². The van der Waals surface area contributed by atoms with Crippen LogP contribution in [0.3, 0.4) is 0 Å². The van der Waals surface area contributed by atoms with Gasteiger partial charge in [-0.1, -0.05) is 0 Å². The van der Waals surface area contributed by atoms with Gasteiger partial charge in [0.1, 0.15) is 11.5 Å². The van der Waals surface area contributed by atoms with Gasteiger partial charge in [-0.2, -0.15) is 0 Å². The number of nitrogens with two attached hydrogens (primary N) is 1. The van der Waals surface area contributed by atoms with Gasteiger partial charge in [-0.05, 0) is 42.7 Å². The summed E-state index contributed by atoms with van der Waals surface area (Å²) in [6.07, 6.45) is 5.44. The zero-order valence-electron chi connectivity index (χ0n) is 13.2. The second-order valence-corrected chi connectivity index (χ2v) is 5.70. The molecule has 0 atom stereocenters. The van der Waals surface area contributed by atoms with Crippen LogP contribution in [0.25, 0.3) is 0 Å². The molecule has 2 aromatic rings. The SMILES string of the molecule is NC(=O)c1ccc(C(=O)NCc2ccnc(N3CCCC3)c2)nc1. The maximum atomic E-state index is 12.1. The molecule has 0 aromatic carbocycles. The Bertz CT molecular complexity index is 739. The lowest BCUT2D eigenvalue weighted by Gasteiger charge is -2.17. The number of rotatable bonds is 5. The summed E-state index contributed by atoms with van der Waals surface area (Å²) >= 11 is 0. The van der Waals surface area contributed by atoms with Gasteiger partial charge in [0, 0.05) is 32.0 Å². The maximum Gasteiger partial charge on any atom is 0.270 e. The van der Waals surface area contributed by atoms with Crippen LogP contribution < -0.4 is 16.0 Å². The molecule has 0 saturated carbocycles. The summed E-state index contributed by atoms with van der Waals surface area (Å²) in [5.74, 6) is 0.0782. The summed E-state index contributed by atoms with van der Waals surface area (Å²) < 4.78 is 0. The van der Waals surface area contributed by atoms with Crippen molar-refractivity contribution in [2.75, 3.05) is 18.0 Å². The molecule has 1 saturated heterocycles. The highest BCUT2D eigenvalue weighted by molar-refractivity contribution is 5.95. The fourth-order valence-corrected chi connectivity index (χ4v) is 2.64. The topological polar surface area (TPSA) is 101 Å².